The molecule has 0 amide bonds. The molecule has 0 aliphatic carbocycles. The molecule has 2 heteroatoms. The molecule has 2 heterocycles. The first-order valence-corrected chi connectivity index (χ1v) is 6.18. The van der Waals surface area contributed by atoms with Crippen molar-refractivity contribution >= 4 is 5.90 Å². The molecule has 0 spiro atoms. The van der Waals surface area contributed by atoms with E-state index >= 15 is 0 Å². The molecule has 84 valence electrons. The molecule has 0 N–H and O–H groups in total. The van der Waals surface area contributed by atoms with Gasteiger partial charge in [0.2, 0.25) is 6.04 Å². The van der Waals surface area contributed by atoms with Crippen molar-refractivity contribution in [1.82, 2.24) is 0 Å². The van der Waals surface area contributed by atoms with Crippen molar-refractivity contribution in [2.24, 2.45) is 0 Å². The predicted octanol–water partition coefficient (Wildman–Crippen LogP) is 2.74. The molecule has 2 aliphatic rings. The Kier molecular flexibility index (Phi) is 2.43. The summed E-state index contributed by atoms with van der Waals surface area (Å²) in [5.74, 6) is 1.22. The predicted molar refractivity (Wildman–Crippen MR) is 63.7 cm³/mol. The summed E-state index contributed by atoms with van der Waals surface area (Å²) in [5, 5.41) is 0. The minimum absolute atomic E-state index is 0.437. The Morgan fingerprint density at radius 3 is 2.88 bits per heavy atom. The summed E-state index contributed by atoms with van der Waals surface area (Å²) in [6.45, 7) is 3.13. The van der Waals surface area contributed by atoms with Gasteiger partial charge in [-0.1, -0.05) is 30.3 Å². The van der Waals surface area contributed by atoms with Crippen LogP contribution in [0, 0.1) is 0 Å². The van der Waals surface area contributed by atoms with Crippen LogP contribution in [0.3, 0.4) is 0 Å². The van der Waals surface area contributed by atoms with Crippen LogP contribution in [0.15, 0.2) is 30.3 Å². The highest BCUT2D eigenvalue weighted by atomic mass is 16.5. The molecule has 1 aromatic rings. The highest BCUT2D eigenvalue weighted by Gasteiger charge is 2.41. The quantitative estimate of drug-likeness (QED) is 0.657. The SMILES string of the molecule is C[C@H]1CCCC2=[N+]1[C@H](c1ccccc1)CO2. The number of hydrogen-bond donors (Lipinski definition) is 0. The van der Waals surface area contributed by atoms with Crippen LogP contribution in [0.5, 0.6) is 0 Å². The summed E-state index contributed by atoms with van der Waals surface area (Å²) < 4.78 is 8.32. The summed E-state index contributed by atoms with van der Waals surface area (Å²) in [6.07, 6.45) is 3.68. The van der Waals surface area contributed by atoms with Gasteiger partial charge in [-0.2, -0.15) is 4.58 Å². The summed E-state index contributed by atoms with van der Waals surface area (Å²) >= 11 is 0. The van der Waals surface area contributed by atoms with Crippen LogP contribution in [0.25, 0.3) is 0 Å². The fraction of sp³-hybridized carbons (Fsp3) is 0.500. The fourth-order valence-electron chi connectivity index (χ4n) is 2.88. The summed E-state index contributed by atoms with van der Waals surface area (Å²) in [7, 11) is 0. The van der Waals surface area contributed by atoms with Gasteiger partial charge in [0.1, 0.15) is 0 Å². The summed E-state index contributed by atoms with van der Waals surface area (Å²) in [4.78, 5) is 0. The first-order chi connectivity index (χ1) is 7.86. The lowest BCUT2D eigenvalue weighted by Gasteiger charge is -2.18. The smallest absolute Gasteiger partial charge is 0.337 e. The molecule has 2 atom stereocenters. The fourth-order valence-corrected chi connectivity index (χ4v) is 2.88. The third-order valence-corrected chi connectivity index (χ3v) is 3.70. The van der Waals surface area contributed by atoms with Crippen LogP contribution in [0.2, 0.25) is 0 Å². The highest BCUT2D eigenvalue weighted by Crippen LogP contribution is 2.29. The zero-order chi connectivity index (χ0) is 11.0. The number of hydrogen-bond acceptors (Lipinski definition) is 1. The molecular formula is C14H18NO+. The maximum atomic E-state index is 5.84. The second-order valence-corrected chi connectivity index (χ2v) is 4.78. The Morgan fingerprint density at radius 1 is 1.25 bits per heavy atom. The lowest BCUT2D eigenvalue weighted by Crippen LogP contribution is -2.32. The molecule has 0 saturated heterocycles. The molecule has 0 radical (unpaired) electrons. The van der Waals surface area contributed by atoms with Crippen molar-refractivity contribution in [2.75, 3.05) is 6.61 Å². The van der Waals surface area contributed by atoms with E-state index in [1.54, 1.807) is 0 Å². The number of rotatable bonds is 1. The monoisotopic (exact) mass is 216 g/mol. The second-order valence-electron chi connectivity index (χ2n) is 4.78. The second kappa shape index (κ2) is 3.93. The van der Waals surface area contributed by atoms with Crippen molar-refractivity contribution < 1.29 is 9.31 Å². The van der Waals surface area contributed by atoms with Gasteiger partial charge in [-0.3, -0.25) is 0 Å². The van der Waals surface area contributed by atoms with Crippen LogP contribution in [0.1, 0.15) is 37.8 Å². The van der Waals surface area contributed by atoms with E-state index in [4.69, 9.17) is 4.74 Å². The maximum Gasteiger partial charge on any atom is 0.337 e. The Hall–Kier alpha value is -1.31. The van der Waals surface area contributed by atoms with Gasteiger partial charge in [0, 0.05) is 12.0 Å². The van der Waals surface area contributed by atoms with Crippen molar-refractivity contribution in [1.29, 1.82) is 0 Å². The van der Waals surface area contributed by atoms with E-state index in [0.717, 1.165) is 13.0 Å². The Labute approximate surface area is 96.6 Å². The van der Waals surface area contributed by atoms with Gasteiger partial charge in [-0.25, -0.2) is 0 Å². The molecule has 2 nitrogen and oxygen atoms in total. The Balaban J connectivity index is 1.96. The number of nitrogens with zero attached hydrogens (tertiary/aromatic N) is 1. The van der Waals surface area contributed by atoms with E-state index in [0.29, 0.717) is 12.1 Å². The van der Waals surface area contributed by atoms with E-state index in [2.05, 4.69) is 41.8 Å². The van der Waals surface area contributed by atoms with Gasteiger partial charge < -0.3 is 4.74 Å². The van der Waals surface area contributed by atoms with Crippen molar-refractivity contribution in [3.8, 4) is 0 Å². The zero-order valence-electron chi connectivity index (χ0n) is 9.73. The van der Waals surface area contributed by atoms with Crippen LogP contribution in [-0.4, -0.2) is 23.1 Å². The maximum absolute atomic E-state index is 5.84. The van der Waals surface area contributed by atoms with Crippen molar-refractivity contribution in [2.45, 2.75) is 38.3 Å². The molecule has 16 heavy (non-hydrogen) atoms. The minimum Gasteiger partial charge on any atom is -0.441 e. The lowest BCUT2D eigenvalue weighted by molar-refractivity contribution is -0.599. The van der Waals surface area contributed by atoms with Crippen LogP contribution < -0.4 is 0 Å². The first-order valence-electron chi connectivity index (χ1n) is 6.18. The molecular weight excluding hydrogens is 198 g/mol. The van der Waals surface area contributed by atoms with E-state index in [1.807, 2.05) is 0 Å². The van der Waals surface area contributed by atoms with Gasteiger partial charge >= 0.3 is 5.90 Å². The molecule has 0 bridgehead atoms. The van der Waals surface area contributed by atoms with E-state index in [9.17, 15) is 0 Å². The van der Waals surface area contributed by atoms with Crippen molar-refractivity contribution in [3.63, 3.8) is 0 Å². The van der Waals surface area contributed by atoms with Crippen LogP contribution in [0.4, 0.5) is 0 Å². The Morgan fingerprint density at radius 2 is 2.06 bits per heavy atom. The third-order valence-electron chi connectivity index (χ3n) is 3.70. The van der Waals surface area contributed by atoms with Crippen LogP contribution in [-0.2, 0) is 4.74 Å². The third kappa shape index (κ3) is 1.53. The minimum atomic E-state index is 0.437. The topological polar surface area (TPSA) is 12.2 Å². The summed E-state index contributed by atoms with van der Waals surface area (Å²) in [5.41, 5.74) is 1.38. The zero-order valence-corrected chi connectivity index (χ0v) is 9.73. The van der Waals surface area contributed by atoms with E-state index in [1.165, 1.54) is 24.3 Å². The normalized spacial score (nSPS) is 28.8. The highest BCUT2D eigenvalue weighted by molar-refractivity contribution is 5.72. The van der Waals surface area contributed by atoms with Crippen molar-refractivity contribution in [3.05, 3.63) is 35.9 Å². The van der Waals surface area contributed by atoms with E-state index in [-0.39, 0.29) is 0 Å². The van der Waals surface area contributed by atoms with Gasteiger partial charge in [-0.15, -0.1) is 0 Å². The van der Waals surface area contributed by atoms with Gasteiger partial charge in [0.15, 0.2) is 12.6 Å². The van der Waals surface area contributed by atoms with Gasteiger partial charge in [0.25, 0.3) is 0 Å². The van der Waals surface area contributed by atoms with E-state index < -0.39 is 0 Å². The average molecular weight is 216 g/mol. The molecule has 2 aliphatic heterocycles. The largest absolute Gasteiger partial charge is 0.441 e. The average Bonchev–Trinajstić information content (AvgIpc) is 2.75. The lowest BCUT2D eigenvalue weighted by atomic mass is 10.0. The first kappa shape index (κ1) is 9.88. The van der Waals surface area contributed by atoms with Gasteiger partial charge in [0.05, 0.1) is 6.42 Å². The van der Waals surface area contributed by atoms with Gasteiger partial charge in [-0.05, 0) is 13.3 Å². The number of ether oxygens (including phenoxy) is 1. The summed E-state index contributed by atoms with van der Waals surface area (Å²) in [6, 6.07) is 11.8. The standard InChI is InChI=1S/C14H18NO/c1-11-6-5-9-14-15(11)13(10-16-14)12-7-3-2-4-8-12/h2-4,7-8,11,13H,5-6,9-10H2,1H3/q+1/t11-,13-/m0/s1. The Bertz CT molecular complexity index is 410. The molecule has 0 fully saturated rings. The molecule has 0 unspecified atom stereocenters. The van der Waals surface area contributed by atoms with Crippen LogP contribution >= 0.6 is 0 Å². The molecule has 1 aromatic carbocycles. The number of benzene rings is 1. The molecule has 0 saturated carbocycles. The molecule has 3 rings (SSSR count). The molecule has 0 aromatic heterocycles.